The van der Waals surface area contributed by atoms with Crippen LogP contribution in [0.2, 0.25) is 0 Å². The Labute approximate surface area is 288 Å². The first-order chi connectivity index (χ1) is 22.8. The van der Waals surface area contributed by atoms with Gasteiger partial charge >= 0.3 is 19.8 Å². The monoisotopic (exact) mass is 692 g/mol. The van der Waals surface area contributed by atoms with E-state index in [1.165, 1.54) is 128 Å². The molecule has 0 saturated heterocycles. The van der Waals surface area contributed by atoms with Crippen LogP contribution in [-0.4, -0.2) is 49.3 Å². The van der Waals surface area contributed by atoms with Gasteiger partial charge in [0.25, 0.3) is 0 Å². The smallest absolute Gasteiger partial charge is 0.462 e. The molecule has 0 radical (unpaired) electrons. The molecule has 0 fully saturated rings. The van der Waals surface area contributed by atoms with E-state index in [2.05, 4.69) is 13.8 Å². The number of phosphoric ester groups is 1. The van der Waals surface area contributed by atoms with Crippen LogP contribution in [0.4, 0.5) is 0 Å². The zero-order chi connectivity index (χ0) is 34.7. The molecule has 0 rings (SSSR count). The van der Waals surface area contributed by atoms with Crippen LogP contribution in [0.3, 0.4) is 0 Å². The van der Waals surface area contributed by atoms with Crippen molar-refractivity contribution >= 4 is 19.8 Å². The molecular formula is C37H74NO8P. The van der Waals surface area contributed by atoms with Crippen LogP contribution in [0.15, 0.2) is 0 Å². The SMILES string of the molecule is CCCCCCCCCCCCCCCCCCCCC(=O)OC(COC(=O)CCCCCCCCCC)COP(=O)(O)OCCN. The van der Waals surface area contributed by atoms with E-state index < -0.39 is 26.5 Å². The molecule has 0 bridgehead atoms. The third-order valence-corrected chi connectivity index (χ3v) is 9.48. The van der Waals surface area contributed by atoms with Crippen molar-refractivity contribution < 1.29 is 37.6 Å². The molecule has 3 N–H and O–H groups in total. The molecule has 0 aliphatic rings. The molecule has 0 aromatic carbocycles. The lowest BCUT2D eigenvalue weighted by Crippen LogP contribution is -2.29. The standard InChI is InChI=1S/C37H74NO8P/c1-3-5-7-9-11-13-14-15-16-17-18-19-20-21-22-24-26-28-30-37(40)46-35(34-45-47(41,42)44-32-31-38)33-43-36(39)29-27-25-23-12-10-8-6-4-2/h35H,3-34,38H2,1-2H3,(H,41,42). The molecule has 0 aliphatic heterocycles. The van der Waals surface area contributed by atoms with Gasteiger partial charge in [0.05, 0.1) is 13.2 Å². The van der Waals surface area contributed by atoms with E-state index in [1.807, 2.05) is 0 Å². The van der Waals surface area contributed by atoms with Crippen LogP contribution in [0.25, 0.3) is 0 Å². The Morgan fingerprint density at radius 1 is 0.553 bits per heavy atom. The predicted octanol–water partition coefficient (Wildman–Crippen LogP) is 10.5. The van der Waals surface area contributed by atoms with E-state index in [4.69, 9.17) is 24.3 Å². The molecule has 9 nitrogen and oxygen atoms in total. The Hall–Kier alpha value is -0.990. The van der Waals surface area contributed by atoms with E-state index in [1.54, 1.807) is 0 Å². The van der Waals surface area contributed by atoms with Crippen molar-refractivity contribution in [3.05, 3.63) is 0 Å². The van der Waals surface area contributed by atoms with Gasteiger partial charge in [-0.15, -0.1) is 0 Å². The summed E-state index contributed by atoms with van der Waals surface area (Å²) in [6, 6.07) is 0. The molecule has 0 saturated carbocycles. The average molecular weight is 692 g/mol. The normalized spacial score (nSPS) is 13.4. The fraction of sp³-hybridized carbons (Fsp3) is 0.946. The number of hydrogen-bond donors (Lipinski definition) is 2. The highest BCUT2D eigenvalue weighted by Crippen LogP contribution is 2.43. The van der Waals surface area contributed by atoms with E-state index in [-0.39, 0.29) is 38.6 Å². The number of rotatable bonds is 37. The van der Waals surface area contributed by atoms with Crippen LogP contribution in [-0.2, 0) is 32.7 Å². The maximum Gasteiger partial charge on any atom is 0.472 e. The van der Waals surface area contributed by atoms with Crippen LogP contribution < -0.4 is 5.73 Å². The quantitative estimate of drug-likeness (QED) is 0.0371. The van der Waals surface area contributed by atoms with Gasteiger partial charge in [0.15, 0.2) is 6.10 Å². The van der Waals surface area contributed by atoms with Gasteiger partial charge in [0.2, 0.25) is 0 Å². The lowest BCUT2D eigenvalue weighted by atomic mass is 10.0. The zero-order valence-electron chi connectivity index (χ0n) is 30.5. The molecule has 47 heavy (non-hydrogen) atoms. The number of unbranched alkanes of at least 4 members (excludes halogenated alkanes) is 24. The molecule has 280 valence electrons. The number of carbonyl (C=O) groups is 2. The molecule has 0 spiro atoms. The number of esters is 2. The van der Waals surface area contributed by atoms with Gasteiger partial charge in [-0.25, -0.2) is 4.57 Å². The van der Waals surface area contributed by atoms with E-state index in [9.17, 15) is 19.0 Å². The van der Waals surface area contributed by atoms with Gasteiger partial charge in [-0.05, 0) is 12.8 Å². The largest absolute Gasteiger partial charge is 0.472 e. The van der Waals surface area contributed by atoms with Crippen molar-refractivity contribution in [2.75, 3.05) is 26.4 Å². The van der Waals surface area contributed by atoms with Crippen molar-refractivity contribution in [1.29, 1.82) is 0 Å². The van der Waals surface area contributed by atoms with Crippen molar-refractivity contribution in [3.63, 3.8) is 0 Å². The highest BCUT2D eigenvalue weighted by Gasteiger charge is 2.26. The van der Waals surface area contributed by atoms with Crippen LogP contribution >= 0.6 is 7.82 Å². The minimum atomic E-state index is -4.36. The number of carbonyl (C=O) groups excluding carboxylic acids is 2. The maximum atomic E-state index is 12.5. The highest BCUT2D eigenvalue weighted by molar-refractivity contribution is 7.47. The minimum Gasteiger partial charge on any atom is -0.462 e. The van der Waals surface area contributed by atoms with Gasteiger partial charge in [-0.1, -0.05) is 168 Å². The second-order valence-electron chi connectivity index (χ2n) is 13.2. The highest BCUT2D eigenvalue weighted by atomic mass is 31.2. The summed E-state index contributed by atoms with van der Waals surface area (Å²) in [7, 11) is -4.36. The number of phosphoric acid groups is 1. The average Bonchev–Trinajstić information content (AvgIpc) is 3.05. The van der Waals surface area contributed by atoms with E-state index >= 15 is 0 Å². The molecular weight excluding hydrogens is 617 g/mol. The second-order valence-corrected chi connectivity index (χ2v) is 14.6. The van der Waals surface area contributed by atoms with Crippen LogP contribution in [0.5, 0.6) is 0 Å². The lowest BCUT2D eigenvalue weighted by molar-refractivity contribution is -0.161. The number of ether oxygens (including phenoxy) is 2. The summed E-state index contributed by atoms with van der Waals surface area (Å²) in [6.07, 6.45) is 31.4. The summed E-state index contributed by atoms with van der Waals surface area (Å²) in [5.41, 5.74) is 5.32. The van der Waals surface area contributed by atoms with Gasteiger partial charge in [0, 0.05) is 19.4 Å². The maximum absolute atomic E-state index is 12.5. The van der Waals surface area contributed by atoms with Gasteiger partial charge in [-0.2, -0.15) is 0 Å². The molecule has 2 unspecified atom stereocenters. The summed E-state index contributed by atoms with van der Waals surface area (Å²) in [5, 5.41) is 0. The summed E-state index contributed by atoms with van der Waals surface area (Å²) in [5.74, 6) is -0.822. The summed E-state index contributed by atoms with van der Waals surface area (Å²) in [6.45, 7) is 3.72. The van der Waals surface area contributed by atoms with Crippen molar-refractivity contribution in [2.24, 2.45) is 5.73 Å². The second kappa shape index (κ2) is 34.9. The van der Waals surface area contributed by atoms with Gasteiger partial charge < -0.3 is 20.1 Å². The van der Waals surface area contributed by atoms with Crippen molar-refractivity contribution in [2.45, 2.75) is 200 Å². The topological polar surface area (TPSA) is 134 Å². The first kappa shape index (κ1) is 46.0. The fourth-order valence-corrected chi connectivity index (χ4v) is 6.34. The van der Waals surface area contributed by atoms with Crippen molar-refractivity contribution in [3.8, 4) is 0 Å². The van der Waals surface area contributed by atoms with Gasteiger partial charge in [0.1, 0.15) is 6.61 Å². The van der Waals surface area contributed by atoms with Crippen LogP contribution in [0, 0.1) is 0 Å². The molecule has 2 atom stereocenters. The summed E-state index contributed by atoms with van der Waals surface area (Å²) < 4.78 is 32.6. The third-order valence-electron chi connectivity index (χ3n) is 8.49. The Balaban J connectivity index is 4.08. The Morgan fingerprint density at radius 2 is 0.915 bits per heavy atom. The summed E-state index contributed by atoms with van der Waals surface area (Å²) in [4.78, 5) is 34.6. The van der Waals surface area contributed by atoms with Crippen molar-refractivity contribution in [1.82, 2.24) is 0 Å². The van der Waals surface area contributed by atoms with Crippen LogP contribution in [0.1, 0.15) is 194 Å². The Bertz CT molecular complexity index is 754. The molecule has 10 heteroatoms. The molecule has 0 aliphatic carbocycles. The van der Waals surface area contributed by atoms with E-state index in [0.717, 1.165) is 32.1 Å². The lowest BCUT2D eigenvalue weighted by Gasteiger charge is -2.19. The third kappa shape index (κ3) is 34.7. The first-order valence-corrected chi connectivity index (χ1v) is 21.0. The van der Waals surface area contributed by atoms with Gasteiger partial charge in [-0.3, -0.25) is 18.6 Å². The Morgan fingerprint density at radius 3 is 1.30 bits per heavy atom. The Kier molecular flexibility index (Phi) is 34.1. The molecule has 0 aromatic rings. The molecule has 0 amide bonds. The molecule has 0 heterocycles. The summed E-state index contributed by atoms with van der Waals surface area (Å²) >= 11 is 0. The first-order valence-electron chi connectivity index (χ1n) is 19.5. The minimum absolute atomic E-state index is 0.0576. The molecule has 0 aromatic heterocycles. The predicted molar refractivity (Wildman–Crippen MR) is 192 cm³/mol. The van der Waals surface area contributed by atoms with E-state index in [0.29, 0.717) is 6.42 Å². The zero-order valence-corrected chi connectivity index (χ0v) is 31.4. The fourth-order valence-electron chi connectivity index (χ4n) is 5.58. The number of hydrogen-bond acceptors (Lipinski definition) is 8. The number of nitrogens with two attached hydrogens (primary N) is 1.